The van der Waals surface area contributed by atoms with Crippen LogP contribution in [0.4, 0.5) is 0 Å². The van der Waals surface area contributed by atoms with E-state index in [4.69, 9.17) is 4.74 Å². The van der Waals surface area contributed by atoms with E-state index in [-0.39, 0.29) is 0 Å². The molecule has 0 aromatic heterocycles. The van der Waals surface area contributed by atoms with E-state index in [1.165, 1.54) is 12.0 Å². The lowest BCUT2D eigenvalue weighted by Crippen LogP contribution is -1.98. The average molecular weight is 151 g/mol. The molecule has 2 rings (SSSR count). The van der Waals surface area contributed by atoms with E-state index >= 15 is 0 Å². The van der Waals surface area contributed by atoms with E-state index < -0.39 is 0 Å². The maximum Gasteiger partial charge on any atom is 0.136 e. The van der Waals surface area contributed by atoms with Gasteiger partial charge < -0.3 is 4.74 Å². The standard InChI is InChI=1S/C9H13NO/c1-7-4-8-2-3-11-9(8)6-10-5-7/h6-7H,2-5H2,1H3. The highest BCUT2D eigenvalue weighted by Crippen LogP contribution is 2.26. The fraction of sp³-hybridized carbons (Fsp3) is 0.667. The van der Waals surface area contributed by atoms with Gasteiger partial charge in [0.15, 0.2) is 0 Å². The van der Waals surface area contributed by atoms with E-state index in [9.17, 15) is 0 Å². The molecule has 11 heavy (non-hydrogen) atoms. The van der Waals surface area contributed by atoms with E-state index in [1.807, 2.05) is 6.21 Å². The molecule has 0 aliphatic carbocycles. The average Bonchev–Trinajstić information content (AvgIpc) is 2.31. The van der Waals surface area contributed by atoms with Gasteiger partial charge in [0.1, 0.15) is 5.76 Å². The number of nitrogens with zero attached hydrogens (tertiary/aromatic N) is 1. The maximum absolute atomic E-state index is 5.42. The summed E-state index contributed by atoms with van der Waals surface area (Å²) < 4.78 is 5.42. The van der Waals surface area contributed by atoms with Gasteiger partial charge in [-0.3, -0.25) is 4.99 Å². The van der Waals surface area contributed by atoms with Gasteiger partial charge in [-0.15, -0.1) is 0 Å². The highest BCUT2D eigenvalue weighted by atomic mass is 16.5. The Morgan fingerprint density at radius 2 is 2.55 bits per heavy atom. The second kappa shape index (κ2) is 2.68. The van der Waals surface area contributed by atoms with Crippen LogP contribution in [0, 0.1) is 5.92 Å². The van der Waals surface area contributed by atoms with Crippen LogP contribution in [-0.2, 0) is 4.74 Å². The van der Waals surface area contributed by atoms with Crippen molar-refractivity contribution in [3.8, 4) is 0 Å². The Bertz CT molecular complexity index is 218. The molecule has 1 unspecified atom stereocenters. The fourth-order valence-corrected chi connectivity index (χ4v) is 1.64. The lowest BCUT2D eigenvalue weighted by atomic mass is 10.0. The summed E-state index contributed by atoms with van der Waals surface area (Å²) in [4.78, 5) is 4.29. The molecule has 0 saturated heterocycles. The van der Waals surface area contributed by atoms with Crippen molar-refractivity contribution in [1.82, 2.24) is 0 Å². The number of aliphatic imine (C=N–C) groups is 1. The highest BCUT2D eigenvalue weighted by molar-refractivity contribution is 5.78. The molecular weight excluding hydrogens is 138 g/mol. The summed E-state index contributed by atoms with van der Waals surface area (Å²) in [5.74, 6) is 1.75. The van der Waals surface area contributed by atoms with Crippen LogP contribution in [0.15, 0.2) is 16.3 Å². The lowest BCUT2D eigenvalue weighted by Gasteiger charge is -2.04. The maximum atomic E-state index is 5.42. The normalized spacial score (nSPS) is 29.7. The summed E-state index contributed by atoms with van der Waals surface area (Å²) in [5, 5.41) is 0. The monoisotopic (exact) mass is 151 g/mol. The predicted octanol–water partition coefficient (Wildman–Crippen LogP) is 1.77. The number of hydrogen-bond donors (Lipinski definition) is 0. The Kier molecular flexibility index (Phi) is 1.68. The zero-order valence-electron chi connectivity index (χ0n) is 6.84. The number of ether oxygens (including phenoxy) is 1. The first kappa shape index (κ1) is 6.89. The SMILES string of the molecule is CC1CN=CC2=C(CCO2)C1. The van der Waals surface area contributed by atoms with Crippen molar-refractivity contribution in [2.45, 2.75) is 19.8 Å². The van der Waals surface area contributed by atoms with Crippen LogP contribution in [0.5, 0.6) is 0 Å². The third-order valence-electron chi connectivity index (χ3n) is 2.23. The van der Waals surface area contributed by atoms with Crippen LogP contribution in [0.1, 0.15) is 19.8 Å². The van der Waals surface area contributed by atoms with Crippen molar-refractivity contribution in [2.75, 3.05) is 13.2 Å². The van der Waals surface area contributed by atoms with Crippen molar-refractivity contribution in [3.05, 3.63) is 11.3 Å². The number of hydrogen-bond acceptors (Lipinski definition) is 2. The first-order valence-corrected chi connectivity index (χ1v) is 4.21. The Morgan fingerprint density at radius 1 is 1.64 bits per heavy atom. The summed E-state index contributed by atoms with van der Waals surface area (Å²) in [6.07, 6.45) is 4.19. The molecular formula is C9H13NO. The molecule has 0 amide bonds. The molecule has 2 heterocycles. The minimum absolute atomic E-state index is 0.695. The minimum atomic E-state index is 0.695. The molecule has 0 aromatic carbocycles. The zero-order chi connectivity index (χ0) is 7.68. The number of rotatable bonds is 0. The molecule has 2 aliphatic heterocycles. The van der Waals surface area contributed by atoms with Crippen molar-refractivity contribution in [1.29, 1.82) is 0 Å². The lowest BCUT2D eigenvalue weighted by molar-refractivity contribution is 0.265. The summed E-state index contributed by atoms with van der Waals surface area (Å²) >= 11 is 0. The van der Waals surface area contributed by atoms with Crippen molar-refractivity contribution < 1.29 is 4.74 Å². The largest absolute Gasteiger partial charge is 0.492 e. The second-order valence-electron chi connectivity index (χ2n) is 3.37. The Balaban J connectivity index is 2.21. The van der Waals surface area contributed by atoms with Crippen LogP contribution in [0.25, 0.3) is 0 Å². The summed E-state index contributed by atoms with van der Waals surface area (Å²) in [6.45, 7) is 4.06. The van der Waals surface area contributed by atoms with Gasteiger partial charge in [0.2, 0.25) is 0 Å². The molecule has 0 N–H and O–H groups in total. The van der Waals surface area contributed by atoms with E-state index in [0.717, 1.165) is 25.3 Å². The van der Waals surface area contributed by atoms with Gasteiger partial charge in [0.05, 0.1) is 12.8 Å². The summed E-state index contributed by atoms with van der Waals surface area (Å²) in [6, 6.07) is 0. The zero-order valence-corrected chi connectivity index (χ0v) is 6.84. The van der Waals surface area contributed by atoms with Gasteiger partial charge in [-0.25, -0.2) is 0 Å². The first-order chi connectivity index (χ1) is 5.36. The third-order valence-corrected chi connectivity index (χ3v) is 2.23. The molecule has 0 bridgehead atoms. The number of allylic oxidation sites excluding steroid dienone is 1. The summed E-state index contributed by atoms with van der Waals surface area (Å²) in [7, 11) is 0. The smallest absolute Gasteiger partial charge is 0.136 e. The van der Waals surface area contributed by atoms with Crippen LogP contribution < -0.4 is 0 Å². The van der Waals surface area contributed by atoms with Crippen LogP contribution >= 0.6 is 0 Å². The molecule has 0 spiro atoms. The van der Waals surface area contributed by atoms with Gasteiger partial charge in [-0.2, -0.15) is 0 Å². The van der Waals surface area contributed by atoms with E-state index in [0.29, 0.717) is 5.92 Å². The van der Waals surface area contributed by atoms with Gasteiger partial charge in [-0.1, -0.05) is 6.92 Å². The van der Waals surface area contributed by atoms with Crippen molar-refractivity contribution >= 4 is 6.21 Å². The van der Waals surface area contributed by atoms with E-state index in [1.54, 1.807) is 0 Å². The molecule has 0 aromatic rings. The van der Waals surface area contributed by atoms with Crippen LogP contribution in [0.3, 0.4) is 0 Å². The minimum Gasteiger partial charge on any atom is -0.492 e. The fourth-order valence-electron chi connectivity index (χ4n) is 1.64. The van der Waals surface area contributed by atoms with Gasteiger partial charge in [0.25, 0.3) is 0 Å². The van der Waals surface area contributed by atoms with Crippen LogP contribution in [0.2, 0.25) is 0 Å². The van der Waals surface area contributed by atoms with Crippen LogP contribution in [-0.4, -0.2) is 19.4 Å². The molecule has 2 nitrogen and oxygen atoms in total. The quantitative estimate of drug-likeness (QED) is 0.517. The van der Waals surface area contributed by atoms with Gasteiger partial charge >= 0.3 is 0 Å². The second-order valence-corrected chi connectivity index (χ2v) is 3.37. The molecule has 0 saturated carbocycles. The van der Waals surface area contributed by atoms with E-state index in [2.05, 4.69) is 11.9 Å². The highest BCUT2D eigenvalue weighted by Gasteiger charge is 2.18. The Hall–Kier alpha value is -0.790. The topological polar surface area (TPSA) is 21.6 Å². The molecule has 1 atom stereocenters. The van der Waals surface area contributed by atoms with Crippen molar-refractivity contribution in [2.24, 2.45) is 10.9 Å². The van der Waals surface area contributed by atoms with Gasteiger partial charge in [-0.05, 0) is 17.9 Å². The first-order valence-electron chi connectivity index (χ1n) is 4.21. The Morgan fingerprint density at radius 3 is 3.45 bits per heavy atom. The molecule has 0 fully saturated rings. The van der Waals surface area contributed by atoms with Crippen molar-refractivity contribution in [3.63, 3.8) is 0 Å². The molecule has 0 radical (unpaired) electrons. The Labute approximate surface area is 67.0 Å². The summed E-state index contributed by atoms with van der Waals surface area (Å²) in [5.41, 5.74) is 1.47. The third kappa shape index (κ3) is 1.30. The predicted molar refractivity (Wildman–Crippen MR) is 44.7 cm³/mol. The molecule has 60 valence electrons. The van der Waals surface area contributed by atoms with Gasteiger partial charge in [0, 0.05) is 13.0 Å². The molecule has 2 heteroatoms. The molecule has 2 aliphatic rings.